The molecule has 7 nitrogen and oxygen atoms in total. The molecular weight excluding hydrogens is 428 g/mol. The molecule has 0 bridgehead atoms. The van der Waals surface area contributed by atoms with Gasteiger partial charge in [-0.1, -0.05) is 23.7 Å². The van der Waals surface area contributed by atoms with E-state index < -0.39 is 0 Å². The number of hydrogen-bond acceptors (Lipinski definition) is 4. The molecule has 8 heteroatoms. The number of fused-ring (bicyclic) bond motifs is 1. The number of hydrogen-bond donors (Lipinski definition) is 2. The molecule has 0 aliphatic rings. The normalized spacial score (nSPS) is 10.7. The van der Waals surface area contributed by atoms with E-state index >= 15 is 0 Å². The Bertz CT molecular complexity index is 1350. The minimum atomic E-state index is -0.326. The van der Waals surface area contributed by atoms with Crippen LogP contribution in [0.4, 0.5) is 16.2 Å². The van der Waals surface area contributed by atoms with Crippen molar-refractivity contribution >= 4 is 34.7 Å². The summed E-state index contributed by atoms with van der Waals surface area (Å²) in [6, 6.07) is 17.2. The van der Waals surface area contributed by atoms with E-state index in [9.17, 15) is 9.59 Å². The Morgan fingerprint density at radius 1 is 1.06 bits per heavy atom. The van der Waals surface area contributed by atoms with Crippen LogP contribution in [0.1, 0.15) is 16.8 Å². The Kier molecular flexibility index (Phi) is 6.09. The molecule has 0 radical (unpaired) electrons. The number of pyridine rings is 1. The Labute approximate surface area is 189 Å². The number of rotatable bonds is 5. The quantitative estimate of drug-likeness (QED) is 0.440. The Hall–Kier alpha value is -3.84. The molecule has 162 valence electrons. The second-order valence-corrected chi connectivity index (χ2v) is 7.74. The fraction of sp³-hybridized carbons (Fsp3) is 0.125. The third-order valence-electron chi connectivity index (χ3n) is 5.03. The van der Waals surface area contributed by atoms with Crippen molar-refractivity contribution in [3.05, 3.63) is 99.1 Å². The van der Waals surface area contributed by atoms with Gasteiger partial charge in [-0.15, -0.1) is 0 Å². The summed E-state index contributed by atoms with van der Waals surface area (Å²) in [5.74, 6) is 0.587. The van der Waals surface area contributed by atoms with Gasteiger partial charge in [-0.25, -0.2) is 9.78 Å². The number of ether oxygens (including phenoxy) is 1. The maximum Gasteiger partial charge on any atom is 0.323 e. The zero-order valence-corrected chi connectivity index (χ0v) is 18.3. The number of urea groups is 1. The van der Waals surface area contributed by atoms with Crippen molar-refractivity contribution in [3.63, 3.8) is 0 Å². The maximum atomic E-state index is 12.3. The van der Waals surface area contributed by atoms with Crippen LogP contribution >= 0.6 is 11.6 Å². The molecular formula is C24H21ClN4O3. The number of anilines is 2. The lowest BCUT2D eigenvalue weighted by Gasteiger charge is -2.12. The Morgan fingerprint density at radius 2 is 1.84 bits per heavy atom. The van der Waals surface area contributed by atoms with Gasteiger partial charge in [-0.3, -0.25) is 9.20 Å². The van der Waals surface area contributed by atoms with Gasteiger partial charge in [0.15, 0.2) is 0 Å². The molecule has 2 heterocycles. The van der Waals surface area contributed by atoms with Crippen molar-refractivity contribution in [1.82, 2.24) is 9.38 Å². The zero-order chi connectivity index (χ0) is 22.7. The van der Waals surface area contributed by atoms with Crippen LogP contribution in [0.25, 0.3) is 5.65 Å². The summed E-state index contributed by atoms with van der Waals surface area (Å²) in [4.78, 5) is 29.0. The highest BCUT2D eigenvalue weighted by atomic mass is 35.5. The molecule has 32 heavy (non-hydrogen) atoms. The van der Waals surface area contributed by atoms with Gasteiger partial charge < -0.3 is 15.4 Å². The highest BCUT2D eigenvalue weighted by Crippen LogP contribution is 2.20. The first-order valence-electron chi connectivity index (χ1n) is 9.94. The second kappa shape index (κ2) is 9.11. The van der Waals surface area contributed by atoms with Gasteiger partial charge >= 0.3 is 6.03 Å². The monoisotopic (exact) mass is 448 g/mol. The average Bonchev–Trinajstić information content (AvgIpc) is 2.77. The van der Waals surface area contributed by atoms with Crippen molar-refractivity contribution in [2.24, 2.45) is 0 Å². The largest absolute Gasteiger partial charge is 0.487 e. The van der Waals surface area contributed by atoms with Gasteiger partial charge in [0.1, 0.15) is 18.0 Å². The van der Waals surface area contributed by atoms with Crippen LogP contribution in [0.5, 0.6) is 5.75 Å². The molecule has 0 atom stereocenters. The summed E-state index contributed by atoms with van der Waals surface area (Å²) in [6.45, 7) is 4.09. The summed E-state index contributed by atoms with van der Waals surface area (Å²) in [7, 11) is 0. The van der Waals surface area contributed by atoms with Crippen molar-refractivity contribution in [2.45, 2.75) is 20.5 Å². The van der Waals surface area contributed by atoms with Crippen LogP contribution in [0.15, 0.2) is 71.7 Å². The fourth-order valence-electron chi connectivity index (χ4n) is 3.16. The van der Waals surface area contributed by atoms with E-state index in [2.05, 4.69) is 15.6 Å². The number of halogens is 1. The molecule has 0 fully saturated rings. The highest BCUT2D eigenvalue weighted by molar-refractivity contribution is 6.30. The van der Waals surface area contributed by atoms with E-state index in [0.29, 0.717) is 27.8 Å². The minimum absolute atomic E-state index is 0.133. The molecule has 0 spiro atoms. The number of benzene rings is 2. The summed E-state index contributed by atoms with van der Waals surface area (Å²) in [5.41, 5.74) is 4.29. The van der Waals surface area contributed by atoms with Crippen LogP contribution in [-0.2, 0) is 6.61 Å². The number of nitrogens with one attached hydrogen (secondary N) is 2. The van der Waals surface area contributed by atoms with E-state index in [1.165, 1.54) is 16.7 Å². The zero-order valence-electron chi connectivity index (χ0n) is 17.6. The van der Waals surface area contributed by atoms with Gasteiger partial charge in [-0.05, 0) is 67.4 Å². The molecule has 0 unspecified atom stereocenters. The van der Waals surface area contributed by atoms with E-state index in [0.717, 1.165) is 16.8 Å². The Balaban J connectivity index is 1.37. The van der Waals surface area contributed by atoms with Gasteiger partial charge in [0.2, 0.25) is 0 Å². The molecule has 4 aromatic rings. The average molecular weight is 449 g/mol. The van der Waals surface area contributed by atoms with E-state index in [-0.39, 0.29) is 18.2 Å². The van der Waals surface area contributed by atoms with Crippen LogP contribution in [0, 0.1) is 13.8 Å². The van der Waals surface area contributed by atoms with Crippen molar-refractivity contribution in [1.29, 1.82) is 0 Å². The summed E-state index contributed by atoms with van der Waals surface area (Å²) < 4.78 is 7.12. The molecule has 4 rings (SSSR count). The SMILES string of the molecule is Cc1cccc(NC(=O)Nc2ccc(OCc3cc(=O)n4cc(Cl)ccc4n3)cc2)c1C. The summed E-state index contributed by atoms with van der Waals surface area (Å²) in [5, 5.41) is 6.11. The van der Waals surface area contributed by atoms with Gasteiger partial charge in [0.05, 0.1) is 10.7 Å². The number of carbonyl (C=O) groups excluding carboxylic acids is 1. The molecule has 2 amide bonds. The van der Waals surface area contributed by atoms with Crippen LogP contribution in [0.3, 0.4) is 0 Å². The molecule has 0 saturated heterocycles. The van der Waals surface area contributed by atoms with Crippen molar-refractivity contribution in [2.75, 3.05) is 10.6 Å². The molecule has 0 aliphatic heterocycles. The van der Waals surface area contributed by atoms with E-state index in [1.54, 1.807) is 36.4 Å². The molecule has 0 saturated carbocycles. The summed E-state index contributed by atoms with van der Waals surface area (Å²) >= 11 is 5.93. The molecule has 2 aromatic carbocycles. The third kappa shape index (κ3) is 4.90. The third-order valence-corrected chi connectivity index (χ3v) is 5.25. The van der Waals surface area contributed by atoms with Gasteiger partial charge in [-0.2, -0.15) is 0 Å². The number of amides is 2. The van der Waals surface area contributed by atoms with Gasteiger partial charge in [0.25, 0.3) is 5.56 Å². The maximum absolute atomic E-state index is 12.3. The van der Waals surface area contributed by atoms with Gasteiger partial charge in [0, 0.05) is 23.6 Å². The fourth-order valence-corrected chi connectivity index (χ4v) is 3.32. The molecule has 2 N–H and O–H groups in total. The van der Waals surface area contributed by atoms with E-state index in [1.807, 2.05) is 32.0 Å². The molecule has 0 aliphatic carbocycles. The smallest absolute Gasteiger partial charge is 0.323 e. The Morgan fingerprint density at radius 3 is 2.62 bits per heavy atom. The summed E-state index contributed by atoms with van der Waals surface area (Å²) in [6.07, 6.45) is 1.53. The lowest BCUT2D eigenvalue weighted by Crippen LogP contribution is -2.20. The van der Waals surface area contributed by atoms with Crippen LogP contribution in [-0.4, -0.2) is 15.4 Å². The first-order chi connectivity index (χ1) is 15.4. The number of aromatic nitrogens is 2. The van der Waals surface area contributed by atoms with E-state index in [4.69, 9.17) is 16.3 Å². The van der Waals surface area contributed by atoms with Crippen LogP contribution in [0.2, 0.25) is 5.02 Å². The number of nitrogens with zero attached hydrogens (tertiary/aromatic N) is 2. The number of carbonyl (C=O) groups is 1. The lowest BCUT2D eigenvalue weighted by molar-refractivity contribution is 0.262. The first-order valence-corrected chi connectivity index (χ1v) is 10.3. The predicted molar refractivity (Wildman–Crippen MR) is 126 cm³/mol. The second-order valence-electron chi connectivity index (χ2n) is 7.30. The first kappa shape index (κ1) is 21.4. The molecule has 2 aromatic heterocycles. The predicted octanol–water partition coefficient (Wildman–Crippen LogP) is 5.19. The van der Waals surface area contributed by atoms with Crippen molar-refractivity contribution < 1.29 is 9.53 Å². The highest BCUT2D eigenvalue weighted by Gasteiger charge is 2.07. The lowest BCUT2D eigenvalue weighted by atomic mass is 10.1. The van der Waals surface area contributed by atoms with Crippen LogP contribution < -0.4 is 20.9 Å². The standard InChI is InChI=1S/C24H21ClN4O3/c1-15-4-3-5-21(16(15)2)28-24(31)27-18-7-9-20(10-8-18)32-14-19-12-23(30)29-13-17(25)6-11-22(29)26-19/h3-13H,14H2,1-2H3,(H2,27,28,31). The number of aryl methyl sites for hydroxylation is 1. The van der Waals surface area contributed by atoms with Crippen molar-refractivity contribution in [3.8, 4) is 5.75 Å². The topological polar surface area (TPSA) is 84.7 Å². The minimum Gasteiger partial charge on any atom is -0.487 e.